The lowest BCUT2D eigenvalue weighted by atomic mass is 10.2. The van der Waals surface area contributed by atoms with E-state index in [-0.39, 0.29) is 32.1 Å². The predicted molar refractivity (Wildman–Crippen MR) is 105 cm³/mol. The Balaban J connectivity index is 1.74. The smallest absolute Gasteiger partial charge is 0.255 e. The van der Waals surface area contributed by atoms with Crippen LogP contribution in [-0.4, -0.2) is 49.7 Å². The quantitative estimate of drug-likeness (QED) is 0.714. The van der Waals surface area contributed by atoms with E-state index in [4.69, 9.17) is 0 Å². The molecule has 1 saturated heterocycles. The largest absolute Gasteiger partial charge is 0.336 e. The Kier molecular flexibility index (Phi) is 5.69. The molecule has 8 heteroatoms. The number of amides is 1. The third-order valence-corrected chi connectivity index (χ3v) is 7.35. The van der Waals surface area contributed by atoms with Crippen molar-refractivity contribution in [2.24, 2.45) is 0 Å². The lowest BCUT2D eigenvalue weighted by Gasteiger charge is -2.34. The van der Waals surface area contributed by atoms with Crippen LogP contribution < -0.4 is 0 Å². The lowest BCUT2D eigenvalue weighted by molar-refractivity contribution is 0.0697. The van der Waals surface area contributed by atoms with Gasteiger partial charge in [-0.2, -0.15) is 4.31 Å². The molecule has 0 radical (unpaired) electrons. The number of benzene rings is 2. The van der Waals surface area contributed by atoms with Gasteiger partial charge in [-0.3, -0.25) is 4.79 Å². The predicted octanol–water partition coefficient (Wildman–Crippen LogP) is 3.35. The van der Waals surface area contributed by atoms with Gasteiger partial charge >= 0.3 is 0 Å². The van der Waals surface area contributed by atoms with Crippen LogP contribution in [0.15, 0.2) is 45.8 Å². The van der Waals surface area contributed by atoms with Crippen LogP contribution in [0.1, 0.15) is 21.5 Å². The van der Waals surface area contributed by atoms with E-state index < -0.39 is 15.8 Å². The Morgan fingerprint density at radius 1 is 1.04 bits per heavy atom. The highest BCUT2D eigenvalue weighted by molar-refractivity contribution is 9.10. The van der Waals surface area contributed by atoms with Gasteiger partial charge in [-0.1, -0.05) is 17.7 Å². The van der Waals surface area contributed by atoms with Crippen LogP contribution in [0.4, 0.5) is 4.39 Å². The molecule has 1 amide bonds. The minimum Gasteiger partial charge on any atom is -0.336 e. The summed E-state index contributed by atoms with van der Waals surface area (Å²) in [7, 11) is -3.60. The second-order valence-electron chi connectivity index (χ2n) is 6.59. The maximum Gasteiger partial charge on any atom is 0.255 e. The van der Waals surface area contributed by atoms with E-state index in [1.807, 2.05) is 13.0 Å². The summed E-state index contributed by atoms with van der Waals surface area (Å²) in [6.07, 6.45) is 0. The molecule has 2 aromatic carbocycles. The fourth-order valence-electron chi connectivity index (χ4n) is 3.19. The minimum absolute atomic E-state index is 0.222. The monoisotopic (exact) mass is 454 g/mol. The summed E-state index contributed by atoms with van der Waals surface area (Å²) in [6.45, 7) is 4.72. The number of hydrogen-bond acceptors (Lipinski definition) is 3. The summed E-state index contributed by atoms with van der Waals surface area (Å²) >= 11 is 3.21. The molecule has 0 aromatic heterocycles. The van der Waals surface area contributed by atoms with Gasteiger partial charge in [0.2, 0.25) is 10.0 Å². The number of aryl methyl sites for hydroxylation is 2. The Morgan fingerprint density at radius 3 is 2.30 bits per heavy atom. The van der Waals surface area contributed by atoms with Crippen molar-refractivity contribution >= 4 is 31.9 Å². The normalized spacial score (nSPS) is 15.8. The zero-order valence-electron chi connectivity index (χ0n) is 15.1. The second-order valence-corrected chi connectivity index (χ2v) is 9.35. The molecule has 144 valence electrons. The number of halogens is 2. The lowest BCUT2D eigenvalue weighted by Crippen LogP contribution is -2.50. The summed E-state index contributed by atoms with van der Waals surface area (Å²) < 4.78 is 40.9. The van der Waals surface area contributed by atoms with E-state index in [0.717, 1.165) is 5.56 Å². The van der Waals surface area contributed by atoms with Gasteiger partial charge in [-0.15, -0.1) is 0 Å². The van der Waals surface area contributed by atoms with Crippen molar-refractivity contribution in [1.82, 2.24) is 9.21 Å². The number of nitrogens with zero attached hydrogens (tertiary/aromatic N) is 2. The molecule has 0 spiro atoms. The van der Waals surface area contributed by atoms with E-state index in [2.05, 4.69) is 15.9 Å². The first kappa shape index (κ1) is 20.0. The number of piperazine rings is 1. The molecule has 0 saturated carbocycles. The van der Waals surface area contributed by atoms with Gasteiger partial charge in [0.05, 0.1) is 10.5 Å². The first-order valence-electron chi connectivity index (χ1n) is 8.52. The van der Waals surface area contributed by atoms with Crippen LogP contribution in [0.25, 0.3) is 0 Å². The molecule has 0 unspecified atom stereocenters. The topological polar surface area (TPSA) is 57.7 Å². The summed E-state index contributed by atoms with van der Waals surface area (Å²) in [4.78, 5) is 14.5. The molecule has 0 atom stereocenters. The third-order valence-electron chi connectivity index (χ3n) is 4.64. The average Bonchev–Trinajstić information content (AvgIpc) is 2.61. The molecule has 1 aliphatic rings. The van der Waals surface area contributed by atoms with Gasteiger partial charge in [0, 0.05) is 30.7 Å². The third kappa shape index (κ3) is 4.07. The van der Waals surface area contributed by atoms with Crippen LogP contribution in [0, 0.1) is 19.7 Å². The summed E-state index contributed by atoms with van der Waals surface area (Å²) in [5.74, 6) is -0.673. The molecule has 5 nitrogen and oxygen atoms in total. The standard InChI is InChI=1S/C19H20BrFN2O3S/c1-13-3-6-18(14(2)11-13)27(25,26)23-9-7-22(8-10-23)19(24)16-5-4-15(21)12-17(16)20/h3-6,11-12H,7-10H2,1-2H3. The maximum absolute atomic E-state index is 13.2. The van der Waals surface area contributed by atoms with Crippen LogP contribution >= 0.6 is 15.9 Å². The molecule has 1 fully saturated rings. The van der Waals surface area contributed by atoms with E-state index >= 15 is 0 Å². The molecule has 0 N–H and O–H groups in total. The van der Waals surface area contributed by atoms with E-state index in [1.54, 1.807) is 24.0 Å². The molecule has 1 aliphatic heterocycles. The van der Waals surface area contributed by atoms with Crippen molar-refractivity contribution < 1.29 is 17.6 Å². The molecule has 2 aromatic rings. The van der Waals surface area contributed by atoms with Gasteiger partial charge in [-0.25, -0.2) is 12.8 Å². The Labute approximate surface area is 167 Å². The van der Waals surface area contributed by atoms with E-state index in [0.29, 0.717) is 20.5 Å². The Bertz CT molecular complexity index is 986. The summed E-state index contributed by atoms with van der Waals surface area (Å²) in [5, 5.41) is 0. The number of carbonyl (C=O) groups excluding carboxylic acids is 1. The molecule has 1 heterocycles. The van der Waals surface area contributed by atoms with Crippen LogP contribution in [-0.2, 0) is 10.0 Å². The van der Waals surface area contributed by atoms with Gasteiger partial charge in [0.1, 0.15) is 5.82 Å². The summed E-state index contributed by atoms with van der Waals surface area (Å²) in [6, 6.07) is 9.17. The fraction of sp³-hybridized carbons (Fsp3) is 0.316. The van der Waals surface area contributed by atoms with Crippen molar-refractivity contribution in [3.05, 3.63) is 63.4 Å². The molecular weight excluding hydrogens is 435 g/mol. The molecular formula is C19H20BrFN2O3S. The number of sulfonamides is 1. The van der Waals surface area contributed by atoms with Gasteiger partial charge in [0.25, 0.3) is 5.91 Å². The highest BCUT2D eigenvalue weighted by Gasteiger charge is 2.31. The molecule has 0 bridgehead atoms. The van der Waals surface area contributed by atoms with Crippen molar-refractivity contribution in [3.8, 4) is 0 Å². The highest BCUT2D eigenvalue weighted by atomic mass is 79.9. The van der Waals surface area contributed by atoms with Crippen LogP contribution in [0.5, 0.6) is 0 Å². The van der Waals surface area contributed by atoms with Gasteiger partial charge < -0.3 is 4.90 Å². The Morgan fingerprint density at radius 2 is 1.70 bits per heavy atom. The summed E-state index contributed by atoms with van der Waals surface area (Å²) in [5.41, 5.74) is 2.08. The molecule has 3 rings (SSSR count). The van der Waals surface area contributed by atoms with E-state index in [9.17, 15) is 17.6 Å². The van der Waals surface area contributed by atoms with Crippen LogP contribution in [0.3, 0.4) is 0 Å². The fourth-order valence-corrected chi connectivity index (χ4v) is 5.34. The van der Waals surface area contributed by atoms with Crippen molar-refractivity contribution in [2.45, 2.75) is 18.7 Å². The zero-order valence-corrected chi connectivity index (χ0v) is 17.5. The number of hydrogen-bond donors (Lipinski definition) is 0. The molecule has 0 aliphatic carbocycles. The van der Waals surface area contributed by atoms with Crippen molar-refractivity contribution in [3.63, 3.8) is 0 Å². The SMILES string of the molecule is Cc1ccc(S(=O)(=O)N2CCN(C(=O)c3ccc(F)cc3Br)CC2)c(C)c1. The highest BCUT2D eigenvalue weighted by Crippen LogP contribution is 2.24. The Hall–Kier alpha value is -1.77. The van der Waals surface area contributed by atoms with Crippen LogP contribution in [0.2, 0.25) is 0 Å². The van der Waals surface area contributed by atoms with E-state index in [1.165, 1.54) is 22.5 Å². The van der Waals surface area contributed by atoms with Crippen molar-refractivity contribution in [1.29, 1.82) is 0 Å². The number of rotatable bonds is 3. The maximum atomic E-state index is 13.2. The minimum atomic E-state index is -3.60. The first-order valence-corrected chi connectivity index (χ1v) is 10.7. The van der Waals surface area contributed by atoms with Crippen molar-refractivity contribution in [2.75, 3.05) is 26.2 Å². The average molecular weight is 455 g/mol. The van der Waals surface area contributed by atoms with Gasteiger partial charge in [0.15, 0.2) is 0 Å². The molecule has 27 heavy (non-hydrogen) atoms. The number of carbonyl (C=O) groups is 1. The first-order chi connectivity index (χ1) is 12.7. The second kappa shape index (κ2) is 7.69. The zero-order chi connectivity index (χ0) is 19.8. The van der Waals surface area contributed by atoms with Gasteiger partial charge in [-0.05, 0) is 59.6 Å².